The van der Waals surface area contributed by atoms with E-state index in [0.29, 0.717) is 5.56 Å². The molecule has 1 N–H and O–H groups in total. The first kappa shape index (κ1) is 12.6. The third-order valence-electron chi connectivity index (χ3n) is 2.24. The monoisotopic (exact) mass is 225 g/mol. The van der Waals surface area contributed by atoms with Crippen molar-refractivity contribution in [3.63, 3.8) is 0 Å². The van der Waals surface area contributed by atoms with Crippen LogP contribution in [0, 0.1) is 5.82 Å². The lowest BCUT2D eigenvalue weighted by molar-refractivity contribution is -0.147. The Hall–Kier alpha value is -1.42. The molecule has 0 bridgehead atoms. The van der Waals surface area contributed by atoms with Crippen molar-refractivity contribution in [2.45, 2.75) is 26.0 Å². The summed E-state index contributed by atoms with van der Waals surface area (Å²) in [5.74, 6) is -0.784. The number of aliphatic hydroxyl groups is 1. The summed E-state index contributed by atoms with van der Waals surface area (Å²) in [5.41, 5.74) is -0.998. The highest BCUT2D eigenvalue weighted by Crippen LogP contribution is 2.12. The molecule has 16 heavy (non-hydrogen) atoms. The summed E-state index contributed by atoms with van der Waals surface area (Å²) in [6.45, 7) is 2.97. The van der Waals surface area contributed by atoms with Crippen molar-refractivity contribution in [1.82, 2.24) is 4.90 Å². The minimum atomic E-state index is -1.43. The van der Waals surface area contributed by atoms with E-state index in [4.69, 9.17) is 0 Å². The number of rotatable bonds is 3. The van der Waals surface area contributed by atoms with Crippen LogP contribution in [-0.4, -0.2) is 28.6 Å². The zero-order valence-electron chi connectivity index (χ0n) is 9.70. The van der Waals surface area contributed by atoms with Gasteiger partial charge in [-0.2, -0.15) is 0 Å². The third kappa shape index (κ3) is 3.03. The number of nitrogens with zero attached hydrogens (tertiary/aromatic N) is 1. The van der Waals surface area contributed by atoms with E-state index in [0.717, 1.165) is 0 Å². The van der Waals surface area contributed by atoms with Crippen LogP contribution in [0.4, 0.5) is 4.39 Å². The lowest BCUT2D eigenvalue weighted by Crippen LogP contribution is -2.42. The molecule has 0 saturated carbocycles. The number of carbonyl (C=O) groups is 1. The van der Waals surface area contributed by atoms with Crippen molar-refractivity contribution in [2.75, 3.05) is 7.05 Å². The summed E-state index contributed by atoms with van der Waals surface area (Å²) in [4.78, 5) is 12.9. The highest BCUT2D eigenvalue weighted by molar-refractivity contribution is 5.83. The van der Waals surface area contributed by atoms with Gasteiger partial charge >= 0.3 is 0 Å². The molecule has 1 aromatic rings. The molecule has 3 nitrogen and oxygen atoms in total. The molecule has 0 radical (unpaired) electrons. The first-order valence-electron chi connectivity index (χ1n) is 5.03. The molecule has 0 fully saturated rings. The first-order chi connectivity index (χ1) is 7.32. The Labute approximate surface area is 94.5 Å². The standard InChI is InChI=1S/C12H16FNO2/c1-12(2,16)11(15)14(3)8-9-6-4-5-7-10(9)13/h4-7,16H,8H2,1-3H3. The highest BCUT2D eigenvalue weighted by atomic mass is 19.1. The van der Waals surface area contributed by atoms with Crippen molar-refractivity contribution >= 4 is 5.91 Å². The molecule has 1 amide bonds. The molecule has 0 saturated heterocycles. The number of hydrogen-bond donors (Lipinski definition) is 1. The predicted molar refractivity (Wildman–Crippen MR) is 59.2 cm³/mol. The molecule has 0 aliphatic rings. The van der Waals surface area contributed by atoms with E-state index in [2.05, 4.69) is 0 Å². The van der Waals surface area contributed by atoms with Crippen LogP contribution < -0.4 is 0 Å². The Morgan fingerprint density at radius 3 is 2.50 bits per heavy atom. The van der Waals surface area contributed by atoms with Crippen LogP contribution in [0.2, 0.25) is 0 Å². The first-order valence-corrected chi connectivity index (χ1v) is 5.03. The summed E-state index contributed by atoms with van der Waals surface area (Å²) >= 11 is 0. The van der Waals surface area contributed by atoms with Crippen LogP contribution in [0.1, 0.15) is 19.4 Å². The van der Waals surface area contributed by atoms with E-state index in [1.807, 2.05) is 0 Å². The zero-order chi connectivity index (χ0) is 12.3. The normalized spacial score (nSPS) is 11.3. The van der Waals surface area contributed by atoms with Gasteiger partial charge in [0, 0.05) is 19.2 Å². The topological polar surface area (TPSA) is 40.5 Å². The van der Waals surface area contributed by atoms with Crippen LogP contribution in [0.5, 0.6) is 0 Å². The van der Waals surface area contributed by atoms with E-state index in [-0.39, 0.29) is 12.4 Å². The van der Waals surface area contributed by atoms with Gasteiger partial charge in [-0.3, -0.25) is 4.79 Å². The van der Waals surface area contributed by atoms with Crippen molar-refractivity contribution in [3.8, 4) is 0 Å². The van der Waals surface area contributed by atoms with Crippen LogP contribution in [0.25, 0.3) is 0 Å². The van der Waals surface area contributed by atoms with Gasteiger partial charge in [0.15, 0.2) is 0 Å². The fourth-order valence-corrected chi connectivity index (χ4v) is 1.42. The number of likely N-dealkylation sites (N-methyl/N-ethyl adjacent to an activating group) is 1. The number of hydrogen-bond acceptors (Lipinski definition) is 2. The minimum absolute atomic E-state index is 0.148. The molecule has 0 heterocycles. The number of amides is 1. The molecule has 88 valence electrons. The van der Waals surface area contributed by atoms with Crippen LogP contribution in [0.15, 0.2) is 24.3 Å². The van der Waals surface area contributed by atoms with Crippen molar-refractivity contribution in [2.24, 2.45) is 0 Å². The largest absolute Gasteiger partial charge is 0.381 e. The summed E-state index contributed by atoms with van der Waals surface area (Å²) in [5, 5.41) is 9.52. The van der Waals surface area contributed by atoms with Crippen molar-refractivity contribution in [1.29, 1.82) is 0 Å². The molecule has 0 atom stereocenters. The number of halogens is 1. The second kappa shape index (κ2) is 4.61. The van der Waals surface area contributed by atoms with Gasteiger partial charge in [0.2, 0.25) is 0 Å². The summed E-state index contributed by atoms with van der Waals surface area (Å²) in [7, 11) is 1.53. The van der Waals surface area contributed by atoms with E-state index in [9.17, 15) is 14.3 Å². The average Bonchev–Trinajstić information content (AvgIpc) is 2.19. The van der Waals surface area contributed by atoms with Gasteiger partial charge < -0.3 is 10.0 Å². The fourth-order valence-electron chi connectivity index (χ4n) is 1.42. The molecule has 0 aliphatic heterocycles. The van der Waals surface area contributed by atoms with Gasteiger partial charge in [0.25, 0.3) is 5.91 Å². The second-order valence-electron chi connectivity index (χ2n) is 4.31. The highest BCUT2D eigenvalue weighted by Gasteiger charge is 2.27. The van der Waals surface area contributed by atoms with E-state index in [1.165, 1.54) is 31.9 Å². The van der Waals surface area contributed by atoms with Gasteiger partial charge in [-0.15, -0.1) is 0 Å². The maximum atomic E-state index is 13.3. The zero-order valence-corrected chi connectivity index (χ0v) is 9.70. The second-order valence-corrected chi connectivity index (χ2v) is 4.31. The van der Waals surface area contributed by atoms with Gasteiger partial charge in [0.1, 0.15) is 11.4 Å². The maximum absolute atomic E-state index is 13.3. The summed E-state index contributed by atoms with van der Waals surface area (Å²) in [6.07, 6.45) is 0. The Balaban J connectivity index is 2.76. The van der Waals surface area contributed by atoms with Crippen LogP contribution in [-0.2, 0) is 11.3 Å². The van der Waals surface area contributed by atoms with Gasteiger partial charge in [-0.25, -0.2) is 4.39 Å². The fraction of sp³-hybridized carbons (Fsp3) is 0.417. The molecule has 0 unspecified atom stereocenters. The van der Waals surface area contributed by atoms with Gasteiger partial charge in [-0.1, -0.05) is 18.2 Å². The summed E-state index contributed by atoms with van der Waals surface area (Å²) < 4.78 is 13.3. The van der Waals surface area contributed by atoms with Crippen molar-refractivity contribution in [3.05, 3.63) is 35.6 Å². The van der Waals surface area contributed by atoms with Crippen LogP contribution >= 0.6 is 0 Å². The molecule has 0 aromatic heterocycles. The van der Waals surface area contributed by atoms with Crippen molar-refractivity contribution < 1.29 is 14.3 Å². The smallest absolute Gasteiger partial charge is 0.253 e. The third-order valence-corrected chi connectivity index (χ3v) is 2.24. The van der Waals surface area contributed by atoms with E-state index in [1.54, 1.807) is 18.2 Å². The van der Waals surface area contributed by atoms with Crippen LogP contribution in [0.3, 0.4) is 0 Å². The minimum Gasteiger partial charge on any atom is -0.381 e. The molecule has 1 rings (SSSR count). The quantitative estimate of drug-likeness (QED) is 0.848. The number of carbonyl (C=O) groups excluding carboxylic acids is 1. The lowest BCUT2D eigenvalue weighted by atomic mass is 10.1. The predicted octanol–water partition coefficient (Wildman–Crippen LogP) is 1.55. The Morgan fingerprint density at radius 1 is 1.44 bits per heavy atom. The summed E-state index contributed by atoms with van der Waals surface area (Å²) in [6, 6.07) is 6.26. The van der Waals surface area contributed by atoms with Gasteiger partial charge in [0.05, 0.1) is 0 Å². The Bertz CT molecular complexity index is 385. The lowest BCUT2D eigenvalue weighted by Gasteiger charge is -2.25. The number of benzene rings is 1. The van der Waals surface area contributed by atoms with E-state index >= 15 is 0 Å². The molecule has 4 heteroatoms. The molecule has 0 aliphatic carbocycles. The van der Waals surface area contributed by atoms with Gasteiger partial charge in [-0.05, 0) is 19.9 Å². The Kier molecular flexibility index (Phi) is 3.65. The van der Waals surface area contributed by atoms with E-state index < -0.39 is 11.5 Å². The SMILES string of the molecule is CN(Cc1ccccc1F)C(=O)C(C)(C)O. The Morgan fingerprint density at radius 2 is 2.00 bits per heavy atom. The molecular formula is C12H16FNO2. The average molecular weight is 225 g/mol. The molecular weight excluding hydrogens is 209 g/mol. The molecule has 0 spiro atoms. The maximum Gasteiger partial charge on any atom is 0.253 e. The molecule has 1 aromatic carbocycles.